The fraction of sp³-hybridized carbons (Fsp3) is 0.476. The van der Waals surface area contributed by atoms with Crippen LogP contribution in [0, 0.1) is 11.7 Å². The van der Waals surface area contributed by atoms with Crippen LogP contribution in [0.1, 0.15) is 19.8 Å². The topological polar surface area (TPSA) is 97.1 Å². The van der Waals surface area contributed by atoms with Gasteiger partial charge >= 0.3 is 6.09 Å². The Balaban J connectivity index is 1.32. The third kappa shape index (κ3) is 5.07. The van der Waals surface area contributed by atoms with Crippen LogP contribution in [0.15, 0.2) is 35.1 Å². The summed E-state index contributed by atoms with van der Waals surface area (Å²) in [6.07, 6.45) is 2.22. The van der Waals surface area contributed by atoms with Crippen molar-refractivity contribution < 1.29 is 28.0 Å². The van der Waals surface area contributed by atoms with E-state index in [2.05, 4.69) is 10.5 Å². The molecule has 0 spiro atoms. The number of amides is 2. The van der Waals surface area contributed by atoms with E-state index in [1.165, 1.54) is 24.2 Å². The van der Waals surface area contributed by atoms with Crippen molar-refractivity contribution in [3.05, 3.63) is 36.3 Å². The summed E-state index contributed by atoms with van der Waals surface area (Å²) in [4.78, 5) is 26.6. The SMILES string of the molecule is CC(=O)NC[C@H]1CN(c2ccc(N3CCC(COc4ccon4)CC3)c(F)c2)C(=O)O1. The minimum atomic E-state index is -0.546. The zero-order valence-corrected chi connectivity index (χ0v) is 17.3. The highest BCUT2D eigenvalue weighted by Gasteiger charge is 2.33. The Morgan fingerprint density at radius 2 is 2.13 bits per heavy atom. The molecular weight excluding hydrogens is 407 g/mol. The number of ether oxygens (including phenoxy) is 2. The molecule has 2 aliphatic rings. The molecule has 10 heteroatoms. The van der Waals surface area contributed by atoms with Crippen molar-refractivity contribution in [1.29, 1.82) is 0 Å². The van der Waals surface area contributed by atoms with E-state index < -0.39 is 12.2 Å². The Morgan fingerprint density at radius 1 is 1.32 bits per heavy atom. The Bertz CT molecular complexity index is 914. The minimum Gasteiger partial charge on any atom is -0.475 e. The number of anilines is 2. The molecule has 4 rings (SSSR count). The normalized spacial score (nSPS) is 19.4. The molecule has 1 N–H and O–H groups in total. The lowest BCUT2D eigenvalue weighted by Crippen LogP contribution is -2.36. The van der Waals surface area contributed by atoms with E-state index in [1.54, 1.807) is 18.2 Å². The fourth-order valence-corrected chi connectivity index (χ4v) is 3.84. The zero-order valence-electron chi connectivity index (χ0n) is 17.3. The summed E-state index contributed by atoms with van der Waals surface area (Å²) in [6.45, 7) is 3.87. The second-order valence-electron chi connectivity index (χ2n) is 7.77. The van der Waals surface area contributed by atoms with Crippen LogP contribution in [0.2, 0.25) is 0 Å². The van der Waals surface area contributed by atoms with Crippen LogP contribution in [0.5, 0.6) is 5.88 Å². The molecule has 2 saturated heterocycles. The second kappa shape index (κ2) is 9.23. The first-order chi connectivity index (χ1) is 15.0. The molecule has 2 aromatic rings. The number of hydrogen-bond acceptors (Lipinski definition) is 7. The zero-order chi connectivity index (χ0) is 21.8. The summed E-state index contributed by atoms with van der Waals surface area (Å²) in [5.74, 6) is 0.269. The number of cyclic esters (lactones) is 1. The molecule has 3 heterocycles. The van der Waals surface area contributed by atoms with Crippen LogP contribution < -0.4 is 19.9 Å². The monoisotopic (exact) mass is 432 g/mol. The Labute approximate surface area is 179 Å². The summed E-state index contributed by atoms with van der Waals surface area (Å²) < 4.78 is 30.5. The number of piperidine rings is 1. The number of carbonyl (C=O) groups is 2. The highest BCUT2D eigenvalue weighted by molar-refractivity contribution is 5.90. The lowest BCUT2D eigenvalue weighted by Gasteiger charge is -2.33. The second-order valence-corrected chi connectivity index (χ2v) is 7.77. The van der Waals surface area contributed by atoms with Crippen LogP contribution in [0.3, 0.4) is 0 Å². The lowest BCUT2D eigenvalue weighted by atomic mass is 9.97. The van der Waals surface area contributed by atoms with E-state index in [9.17, 15) is 14.0 Å². The molecule has 1 aromatic heterocycles. The Kier molecular flexibility index (Phi) is 6.24. The highest BCUT2D eigenvalue weighted by Crippen LogP contribution is 2.30. The fourth-order valence-electron chi connectivity index (χ4n) is 3.84. The van der Waals surface area contributed by atoms with E-state index >= 15 is 0 Å². The molecule has 1 atom stereocenters. The third-order valence-electron chi connectivity index (χ3n) is 5.53. The average Bonchev–Trinajstić information content (AvgIpc) is 3.41. The van der Waals surface area contributed by atoms with E-state index in [0.717, 1.165) is 12.8 Å². The molecule has 2 aliphatic heterocycles. The maximum Gasteiger partial charge on any atom is 0.414 e. The van der Waals surface area contributed by atoms with E-state index in [-0.39, 0.29) is 24.8 Å². The van der Waals surface area contributed by atoms with Gasteiger partial charge in [0.2, 0.25) is 5.91 Å². The smallest absolute Gasteiger partial charge is 0.414 e. The van der Waals surface area contributed by atoms with E-state index in [4.69, 9.17) is 14.0 Å². The van der Waals surface area contributed by atoms with Gasteiger partial charge < -0.3 is 24.2 Å². The number of aromatic nitrogens is 1. The van der Waals surface area contributed by atoms with Crippen molar-refractivity contribution in [3.8, 4) is 5.88 Å². The van der Waals surface area contributed by atoms with Crippen LogP contribution in [0.4, 0.5) is 20.6 Å². The van der Waals surface area contributed by atoms with Gasteiger partial charge in [-0.1, -0.05) is 0 Å². The largest absolute Gasteiger partial charge is 0.475 e. The number of nitrogens with one attached hydrogen (secondary N) is 1. The van der Waals surface area contributed by atoms with Crippen molar-refractivity contribution in [1.82, 2.24) is 10.5 Å². The standard InChI is InChI=1S/C21H25FN4O5/c1-14(27)23-11-17-12-26(21(28)31-17)16-2-3-19(18(22)10-16)25-7-4-15(5-8-25)13-29-20-6-9-30-24-20/h2-3,6,9-10,15,17H,4-5,7-8,11-13H2,1H3,(H,23,27)/t17-/m0/s1. The predicted octanol–water partition coefficient (Wildman–Crippen LogP) is 2.57. The van der Waals surface area contributed by atoms with Gasteiger partial charge in [-0.25, -0.2) is 9.18 Å². The molecule has 0 unspecified atom stereocenters. The van der Waals surface area contributed by atoms with Gasteiger partial charge in [-0.15, -0.1) is 0 Å². The molecule has 1 aromatic carbocycles. The van der Waals surface area contributed by atoms with Gasteiger partial charge in [-0.05, 0) is 42.1 Å². The molecule has 31 heavy (non-hydrogen) atoms. The Hall–Kier alpha value is -3.30. The van der Waals surface area contributed by atoms with Gasteiger partial charge in [-0.3, -0.25) is 9.69 Å². The van der Waals surface area contributed by atoms with Crippen LogP contribution >= 0.6 is 0 Å². The maximum absolute atomic E-state index is 14.9. The molecule has 0 bridgehead atoms. The number of benzene rings is 1. The van der Waals surface area contributed by atoms with Crippen LogP contribution in [-0.2, 0) is 9.53 Å². The third-order valence-corrected chi connectivity index (χ3v) is 5.53. The van der Waals surface area contributed by atoms with Crippen molar-refractivity contribution >= 4 is 23.4 Å². The van der Waals surface area contributed by atoms with Crippen molar-refractivity contribution in [2.24, 2.45) is 5.92 Å². The van der Waals surface area contributed by atoms with Crippen LogP contribution in [0.25, 0.3) is 0 Å². The van der Waals surface area contributed by atoms with E-state index in [1.807, 2.05) is 4.90 Å². The summed E-state index contributed by atoms with van der Waals surface area (Å²) in [7, 11) is 0. The minimum absolute atomic E-state index is 0.196. The quantitative estimate of drug-likeness (QED) is 0.718. The Morgan fingerprint density at radius 3 is 2.81 bits per heavy atom. The molecule has 166 valence electrons. The van der Waals surface area contributed by atoms with Gasteiger partial charge in [0, 0.05) is 26.1 Å². The average molecular weight is 432 g/mol. The van der Waals surface area contributed by atoms with Crippen molar-refractivity contribution in [2.75, 3.05) is 42.6 Å². The first-order valence-corrected chi connectivity index (χ1v) is 10.3. The first kappa shape index (κ1) is 21.0. The van der Waals surface area contributed by atoms with Crippen molar-refractivity contribution in [3.63, 3.8) is 0 Å². The molecule has 9 nitrogen and oxygen atoms in total. The van der Waals surface area contributed by atoms with Crippen molar-refractivity contribution in [2.45, 2.75) is 25.9 Å². The van der Waals surface area contributed by atoms with Gasteiger partial charge in [0.15, 0.2) is 0 Å². The summed E-state index contributed by atoms with van der Waals surface area (Å²) in [6, 6.07) is 6.45. The molecule has 2 fully saturated rings. The number of halogens is 1. The molecule has 0 aliphatic carbocycles. The molecule has 2 amide bonds. The number of hydrogen-bond donors (Lipinski definition) is 1. The van der Waals surface area contributed by atoms with Gasteiger partial charge in [-0.2, -0.15) is 0 Å². The molecule has 0 radical (unpaired) electrons. The first-order valence-electron chi connectivity index (χ1n) is 10.3. The number of rotatable bonds is 7. The van der Waals surface area contributed by atoms with Gasteiger partial charge in [0.05, 0.1) is 31.1 Å². The summed E-state index contributed by atoms with van der Waals surface area (Å²) >= 11 is 0. The highest BCUT2D eigenvalue weighted by atomic mass is 19.1. The number of carbonyl (C=O) groups excluding carboxylic acids is 2. The number of nitrogens with zero attached hydrogens (tertiary/aromatic N) is 3. The van der Waals surface area contributed by atoms with Gasteiger partial charge in [0.25, 0.3) is 5.88 Å². The lowest BCUT2D eigenvalue weighted by molar-refractivity contribution is -0.119. The summed E-state index contributed by atoms with van der Waals surface area (Å²) in [5.41, 5.74) is 0.953. The van der Waals surface area contributed by atoms with E-state index in [0.29, 0.717) is 42.9 Å². The summed E-state index contributed by atoms with van der Waals surface area (Å²) in [5, 5.41) is 6.35. The van der Waals surface area contributed by atoms with Crippen LogP contribution in [-0.4, -0.2) is 56.0 Å². The molecule has 0 saturated carbocycles. The maximum atomic E-state index is 14.9. The van der Waals surface area contributed by atoms with Gasteiger partial charge in [0.1, 0.15) is 18.2 Å². The molecular formula is C21H25FN4O5. The predicted molar refractivity (Wildman–Crippen MR) is 110 cm³/mol.